The molecule has 1 atom stereocenters. The average molecular weight is 200 g/mol. The molecule has 0 fully saturated rings. The fourth-order valence-corrected chi connectivity index (χ4v) is 1.43. The third-order valence-corrected chi connectivity index (χ3v) is 2.28. The van der Waals surface area contributed by atoms with E-state index in [1.165, 1.54) is 0 Å². The summed E-state index contributed by atoms with van der Waals surface area (Å²) in [5.74, 6) is 0. The number of aliphatic hydroxyl groups excluding tert-OH is 1. The van der Waals surface area contributed by atoms with Crippen molar-refractivity contribution in [2.75, 3.05) is 6.54 Å². The molecule has 3 heteroatoms. The van der Waals surface area contributed by atoms with Crippen LogP contribution in [0, 0.1) is 0 Å². The van der Waals surface area contributed by atoms with Gasteiger partial charge in [0.1, 0.15) is 0 Å². The zero-order valence-corrected chi connectivity index (χ0v) is 8.17. The molecule has 3 N–H and O–H groups in total. The van der Waals surface area contributed by atoms with Crippen molar-refractivity contribution in [1.29, 1.82) is 0 Å². The van der Waals surface area contributed by atoms with Gasteiger partial charge < -0.3 is 10.8 Å². The number of rotatable bonds is 4. The molecule has 13 heavy (non-hydrogen) atoms. The van der Waals surface area contributed by atoms with E-state index in [1.54, 1.807) is 0 Å². The Labute approximate surface area is 83.3 Å². The molecule has 0 radical (unpaired) electrons. The van der Waals surface area contributed by atoms with Crippen molar-refractivity contribution in [2.45, 2.75) is 18.9 Å². The number of aliphatic hydroxyl groups is 1. The van der Waals surface area contributed by atoms with Crippen LogP contribution >= 0.6 is 11.6 Å². The van der Waals surface area contributed by atoms with Crippen LogP contribution in [0.25, 0.3) is 0 Å². The first-order chi connectivity index (χ1) is 6.24. The normalized spacial score (nSPS) is 12.8. The van der Waals surface area contributed by atoms with Gasteiger partial charge in [0.2, 0.25) is 0 Å². The molecule has 0 saturated carbocycles. The van der Waals surface area contributed by atoms with Crippen molar-refractivity contribution < 1.29 is 5.11 Å². The molecule has 0 heterocycles. The van der Waals surface area contributed by atoms with Crippen LogP contribution in [0.4, 0.5) is 0 Å². The highest BCUT2D eigenvalue weighted by Gasteiger charge is 2.06. The molecule has 1 rings (SSSR count). The second-order valence-corrected chi connectivity index (χ2v) is 3.43. The minimum absolute atomic E-state index is 0.384. The van der Waals surface area contributed by atoms with Gasteiger partial charge in [0.25, 0.3) is 0 Å². The van der Waals surface area contributed by atoms with Crippen LogP contribution in [0.1, 0.15) is 12.0 Å². The highest BCUT2D eigenvalue weighted by atomic mass is 35.5. The SMILES string of the molecule is NCCC(O)Cc1ccccc1Cl. The third kappa shape index (κ3) is 3.35. The molecule has 1 aromatic rings. The lowest BCUT2D eigenvalue weighted by Gasteiger charge is -2.09. The van der Waals surface area contributed by atoms with E-state index in [1.807, 2.05) is 24.3 Å². The van der Waals surface area contributed by atoms with Crippen molar-refractivity contribution >= 4 is 11.6 Å². The number of nitrogens with two attached hydrogens (primary N) is 1. The van der Waals surface area contributed by atoms with Crippen LogP contribution in [-0.2, 0) is 6.42 Å². The van der Waals surface area contributed by atoms with Crippen molar-refractivity contribution in [2.24, 2.45) is 5.73 Å². The molecule has 1 aromatic carbocycles. The fourth-order valence-electron chi connectivity index (χ4n) is 1.21. The molecule has 0 aliphatic rings. The second kappa shape index (κ2) is 5.22. The van der Waals surface area contributed by atoms with Crippen molar-refractivity contribution in [3.8, 4) is 0 Å². The Kier molecular flexibility index (Phi) is 4.22. The lowest BCUT2D eigenvalue weighted by molar-refractivity contribution is 0.167. The Bertz CT molecular complexity index is 265. The largest absolute Gasteiger partial charge is 0.393 e. The van der Waals surface area contributed by atoms with Crippen molar-refractivity contribution in [3.05, 3.63) is 34.9 Å². The first-order valence-corrected chi connectivity index (χ1v) is 4.73. The van der Waals surface area contributed by atoms with Gasteiger partial charge in [-0.15, -0.1) is 0 Å². The van der Waals surface area contributed by atoms with E-state index in [-0.39, 0.29) is 6.10 Å². The minimum atomic E-state index is -0.384. The van der Waals surface area contributed by atoms with Gasteiger partial charge in [-0.3, -0.25) is 0 Å². The first kappa shape index (κ1) is 10.5. The molecule has 2 nitrogen and oxygen atoms in total. The molecule has 0 amide bonds. The van der Waals surface area contributed by atoms with Gasteiger partial charge in [0, 0.05) is 5.02 Å². The summed E-state index contributed by atoms with van der Waals surface area (Å²) in [6.45, 7) is 0.506. The number of hydrogen-bond acceptors (Lipinski definition) is 2. The summed E-state index contributed by atoms with van der Waals surface area (Å²) in [6.07, 6.45) is 0.812. The Balaban J connectivity index is 2.58. The van der Waals surface area contributed by atoms with Crippen molar-refractivity contribution in [1.82, 2.24) is 0 Å². The van der Waals surface area contributed by atoms with Gasteiger partial charge in [-0.1, -0.05) is 29.8 Å². The van der Waals surface area contributed by atoms with Gasteiger partial charge in [-0.25, -0.2) is 0 Å². The molecule has 0 bridgehead atoms. The number of halogens is 1. The molecule has 1 unspecified atom stereocenters. The maximum atomic E-state index is 9.49. The second-order valence-electron chi connectivity index (χ2n) is 3.03. The summed E-state index contributed by atoms with van der Waals surface area (Å²) < 4.78 is 0. The summed E-state index contributed by atoms with van der Waals surface area (Å²) >= 11 is 5.93. The predicted octanol–water partition coefficient (Wildman–Crippen LogP) is 1.59. The third-order valence-electron chi connectivity index (χ3n) is 1.91. The summed E-state index contributed by atoms with van der Waals surface area (Å²) in [5, 5.41) is 10.2. The summed E-state index contributed by atoms with van der Waals surface area (Å²) in [6, 6.07) is 7.53. The molecule has 0 aliphatic heterocycles. The smallest absolute Gasteiger partial charge is 0.0593 e. The van der Waals surface area contributed by atoms with Gasteiger partial charge in [0.05, 0.1) is 6.10 Å². The standard InChI is InChI=1S/C10H14ClNO/c11-10-4-2-1-3-8(10)7-9(13)5-6-12/h1-4,9,13H,5-7,12H2. The predicted molar refractivity (Wildman–Crippen MR) is 54.8 cm³/mol. The molecular weight excluding hydrogens is 186 g/mol. The molecule has 0 aromatic heterocycles. The minimum Gasteiger partial charge on any atom is -0.393 e. The lowest BCUT2D eigenvalue weighted by Crippen LogP contribution is -2.16. The van der Waals surface area contributed by atoms with E-state index in [0.717, 1.165) is 5.56 Å². The molecule has 0 saturated heterocycles. The van der Waals surface area contributed by atoms with Crippen LogP contribution < -0.4 is 5.73 Å². The number of benzene rings is 1. The highest BCUT2D eigenvalue weighted by molar-refractivity contribution is 6.31. The molecule has 0 aliphatic carbocycles. The quantitative estimate of drug-likeness (QED) is 0.774. The Morgan fingerprint density at radius 1 is 1.38 bits per heavy atom. The first-order valence-electron chi connectivity index (χ1n) is 4.35. The van der Waals surface area contributed by atoms with Crippen molar-refractivity contribution in [3.63, 3.8) is 0 Å². The average Bonchev–Trinajstić information content (AvgIpc) is 2.09. The van der Waals surface area contributed by atoms with Crippen LogP contribution in [0.15, 0.2) is 24.3 Å². The maximum Gasteiger partial charge on any atom is 0.0593 e. The Hall–Kier alpha value is -0.570. The van der Waals surface area contributed by atoms with Gasteiger partial charge >= 0.3 is 0 Å². The van der Waals surface area contributed by atoms with E-state index in [0.29, 0.717) is 24.4 Å². The molecular formula is C10H14ClNO. The summed E-state index contributed by atoms with van der Waals surface area (Å²) in [5.41, 5.74) is 6.31. The lowest BCUT2D eigenvalue weighted by atomic mass is 10.1. The van der Waals surface area contributed by atoms with Crippen LogP contribution in [0.2, 0.25) is 5.02 Å². The zero-order valence-electron chi connectivity index (χ0n) is 7.41. The topological polar surface area (TPSA) is 46.2 Å². The van der Waals surface area contributed by atoms with E-state index >= 15 is 0 Å². The molecule has 0 spiro atoms. The van der Waals surface area contributed by atoms with Gasteiger partial charge in [0.15, 0.2) is 0 Å². The van der Waals surface area contributed by atoms with E-state index in [4.69, 9.17) is 17.3 Å². The highest BCUT2D eigenvalue weighted by Crippen LogP contribution is 2.17. The van der Waals surface area contributed by atoms with E-state index in [9.17, 15) is 5.11 Å². The summed E-state index contributed by atoms with van der Waals surface area (Å²) in [7, 11) is 0. The number of hydrogen-bond donors (Lipinski definition) is 2. The van der Waals surface area contributed by atoms with Crippen LogP contribution in [0.5, 0.6) is 0 Å². The van der Waals surface area contributed by atoms with Gasteiger partial charge in [-0.05, 0) is 31.0 Å². The maximum absolute atomic E-state index is 9.49. The van der Waals surface area contributed by atoms with Gasteiger partial charge in [-0.2, -0.15) is 0 Å². The van der Waals surface area contributed by atoms with E-state index in [2.05, 4.69) is 0 Å². The zero-order chi connectivity index (χ0) is 9.68. The van der Waals surface area contributed by atoms with E-state index < -0.39 is 0 Å². The van der Waals surface area contributed by atoms with Crippen LogP contribution in [0.3, 0.4) is 0 Å². The Morgan fingerprint density at radius 2 is 2.08 bits per heavy atom. The van der Waals surface area contributed by atoms with Crippen LogP contribution in [-0.4, -0.2) is 17.8 Å². The fraction of sp³-hybridized carbons (Fsp3) is 0.400. The monoisotopic (exact) mass is 199 g/mol. The summed E-state index contributed by atoms with van der Waals surface area (Å²) in [4.78, 5) is 0. The Morgan fingerprint density at radius 3 is 2.69 bits per heavy atom. The molecule has 72 valence electrons.